The van der Waals surface area contributed by atoms with E-state index >= 15 is 0 Å². The van der Waals surface area contributed by atoms with Crippen LogP contribution < -0.4 is 15.4 Å². The Hall–Kier alpha value is -2.61. The van der Waals surface area contributed by atoms with Crippen molar-refractivity contribution in [2.75, 3.05) is 19.6 Å². The maximum absolute atomic E-state index is 12.5. The Morgan fingerprint density at radius 1 is 1.22 bits per heavy atom. The predicted octanol–water partition coefficient (Wildman–Crippen LogP) is 3.62. The second-order valence-corrected chi connectivity index (χ2v) is 6.43. The molecule has 1 fully saturated rings. The smallest absolute Gasteiger partial charge is 0.417 e. The first kappa shape index (κ1) is 19.2. The predicted molar refractivity (Wildman–Crippen MR) is 93.7 cm³/mol. The number of benzene rings is 1. The van der Waals surface area contributed by atoms with Crippen molar-refractivity contribution in [1.29, 1.82) is 0 Å². The lowest BCUT2D eigenvalue weighted by Gasteiger charge is -2.22. The average molecular weight is 379 g/mol. The minimum Gasteiger partial charge on any atom is -0.439 e. The number of halogens is 3. The summed E-state index contributed by atoms with van der Waals surface area (Å²) in [6, 6.07) is 8.43. The number of piperidine rings is 1. The molecule has 0 spiro atoms. The van der Waals surface area contributed by atoms with Gasteiger partial charge in [0.1, 0.15) is 5.75 Å². The van der Waals surface area contributed by atoms with Crippen LogP contribution in [0.25, 0.3) is 0 Å². The molecule has 2 aromatic rings. The molecule has 0 aliphatic carbocycles. The Labute approximate surface area is 154 Å². The molecule has 8 heteroatoms. The molecule has 0 bridgehead atoms. The van der Waals surface area contributed by atoms with Crippen molar-refractivity contribution in [3.8, 4) is 11.6 Å². The lowest BCUT2D eigenvalue weighted by molar-refractivity contribution is -0.137. The van der Waals surface area contributed by atoms with E-state index in [4.69, 9.17) is 4.74 Å². The van der Waals surface area contributed by atoms with Gasteiger partial charge in [0.15, 0.2) is 0 Å². The Bertz CT molecular complexity index is 755. The van der Waals surface area contributed by atoms with Gasteiger partial charge >= 0.3 is 6.18 Å². The summed E-state index contributed by atoms with van der Waals surface area (Å²) in [5, 5.41) is 6.22. The maximum Gasteiger partial charge on any atom is 0.417 e. The van der Waals surface area contributed by atoms with E-state index in [-0.39, 0.29) is 11.8 Å². The zero-order valence-corrected chi connectivity index (χ0v) is 14.6. The molecule has 2 N–H and O–H groups in total. The van der Waals surface area contributed by atoms with Crippen molar-refractivity contribution >= 4 is 5.91 Å². The molecule has 144 valence electrons. The molecule has 1 aromatic heterocycles. The third-order valence-corrected chi connectivity index (χ3v) is 4.35. The quantitative estimate of drug-likeness (QED) is 0.833. The number of carbonyl (C=O) groups excluding carboxylic acids is 1. The summed E-state index contributed by atoms with van der Waals surface area (Å²) in [5.41, 5.74) is -0.346. The fourth-order valence-electron chi connectivity index (χ4n) is 2.84. The van der Waals surface area contributed by atoms with Crippen LogP contribution in [0, 0.1) is 5.92 Å². The first-order chi connectivity index (χ1) is 12.9. The normalized spacial score (nSPS) is 17.4. The standard InChI is InChI=1S/C19H20F3N3O2/c20-19(21,22)15-5-8-17(24-12-15)27-16-6-3-14(4-7-16)18(26)25-11-13-2-1-9-23-10-13/h3-8,12-13,23H,1-2,9-11H2,(H,25,26). The van der Waals surface area contributed by atoms with Gasteiger partial charge in [-0.15, -0.1) is 0 Å². The van der Waals surface area contributed by atoms with Gasteiger partial charge in [0.25, 0.3) is 5.91 Å². The molecule has 0 saturated carbocycles. The third kappa shape index (κ3) is 5.43. The molecule has 0 radical (unpaired) electrons. The van der Waals surface area contributed by atoms with E-state index in [2.05, 4.69) is 15.6 Å². The van der Waals surface area contributed by atoms with Crippen LogP contribution in [0.4, 0.5) is 13.2 Å². The number of alkyl halides is 3. The number of aromatic nitrogens is 1. The minimum absolute atomic E-state index is 0.0463. The first-order valence-corrected chi connectivity index (χ1v) is 8.72. The van der Waals surface area contributed by atoms with Crippen LogP contribution in [0.3, 0.4) is 0 Å². The van der Waals surface area contributed by atoms with Gasteiger partial charge in [0.2, 0.25) is 5.88 Å². The molecular weight excluding hydrogens is 359 g/mol. The van der Waals surface area contributed by atoms with Gasteiger partial charge in [-0.25, -0.2) is 4.98 Å². The topological polar surface area (TPSA) is 63.2 Å². The minimum atomic E-state index is -4.44. The number of hydrogen-bond acceptors (Lipinski definition) is 4. The number of carbonyl (C=O) groups is 1. The number of nitrogens with one attached hydrogen (secondary N) is 2. The van der Waals surface area contributed by atoms with Gasteiger partial charge in [-0.1, -0.05) is 0 Å². The van der Waals surface area contributed by atoms with Crippen LogP contribution in [0.2, 0.25) is 0 Å². The summed E-state index contributed by atoms with van der Waals surface area (Å²) in [4.78, 5) is 15.8. The van der Waals surface area contributed by atoms with E-state index in [1.165, 1.54) is 0 Å². The Morgan fingerprint density at radius 2 is 2.00 bits per heavy atom. The summed E-state index contributed by atoms with van der Waals surface area (Å²) in [6.45, 7) is 2.56. The summed E-state index contributed by atoms with van der Waals surface area (Å²) in [6.07, 6.45) is -1.50. The Morgan fingerprint density at radius 3 is 2.59 bits per heavy atom. The van der Waals surface area contributed by atoms with E-state index in [9.17, 15) is 18.0 Å². The first-order valence-electron chi connectivity index (χ1n) is 8.72. The van der Waals surface area contributed by atoms with Crippen molar-refractivity contribution in [3.05, 3.63) is 53.7 Å². The number of nitrogens with zero attached hydrogens (tertiary/aromatic N) is 1. The third-order valence-electron chi connectivity index (χ3n) is 4.35. The van der Waals surface area contributed by atoms with Gasteiger partial charge in [-0.2, -0.15) is 13.2 Å². The number of rotatable bonds is 5. The lowest BCUT2D eigenvalue weighted by Crippen LogP contribution is -2.38. The molecule has 27 heavy (non-hydrogen) atoms. The molecule has 1 amide bonds. The molecule has 1 saturated heterocycles. The van der Waals surface area contributed by atoms with Gasteiger partial charge in [-0.3, -0.25) is 4.79 Å². The summed E-state index contributed by atoms with van der Waals surface area (Å²) < 4.78 is 43.0. The Balaban J connectivity index is 1.54. The van der Waals surface area contributed by atoms with Crippen molar-refractivity contribution in [2.24, 2.45) is 5.92 Å². The number of hydrogen-bond donors (Lipinski definition) is 2. The second-order valence-electron chi connectivity index (χ2n) is 6.43. The molecule has 1 atom stereocenters. The zero-order valence-electron chi connectivity index (χ0n) is 14.6. The highest BCUT2D eigenvalue weighted by Gasteiger charge is 2.30. The maximum atomic E-state index is 12.5. The van der Waals surface area contributed by atoms with Crippen LogP contribution in [-0.4, -0.2) is 30.5 Å². The molecule has 3 rings (SSSR count). The SMILES string of the molecule is O=C(NCC1CCCNC1)c1ccc(Oc2ccc(C(F)(F)F)cn2)cc1. The van der Waals surface area contributed by atoms with E-state index in [0.717, 1.165) is 44.3 Å². The van der Waals surface area contributed by atoms with Crippen molar-refractivity contribution in [1.82, 2.24) is 15.6 Å². The van der Waals surface area contributed by atoms with Crippen molar-refractivity contribution < 1.29 is 22.7 Å². The van der Waals surface area contributed by atoms with Gasteiger partial charge in [-0.05, 0) is 62.2 Å². The second kappa shape index (κ2) is 8.39. The average Bonchev–Trinajstić information content (AvgIpc) is 2.67. The van der Waals surface area contributed by atoms with Crippen LogP contribution in [0.15, 0.2) is 42.6 Å². The Kier molecular flexibility index (Phi) is 5.95. The van der Waals surface area contributed by atoms with Crippen LogP contribution >= 0.6 is 0 Å². The number of amides is 1. The van der Waals surface area contributed by atoms with Crippen LogP contribution in [0.5, 0.6) is 11.6 Å². The summed E-state index contributed by atoms with van der Waals surface area (Å²) >= 11 is 0. The summed E-state index contributed by atoms with van der Waals surface area (Å²) in [7, 11) is 0. The van der Waals surface area contributed by atoms with E-state index < -0.39 is 11.7 Å². The van der Waals surface area contributed by atoms with E-state index in [1.807, 2.05) is 0 Å². The fourth-order valence-corrected chi connectivity index (χ4v) is 2.84. The van der Waals surface area contributed by atoms with Gasteiger partial charge in [0, 0.05) is 24.4 Å². The van der Waals surface area contributed by atoms with Gasteiger partial charge < -0.3 is 15.4 Å². The molecule has 1 aliphatic rings. The number of pyridine rings is 1. The highest BCUT2D eigenvalue weighted by Crippen LogP contribution is 2.30. The lowest BCUT2D eigenvalue weighted by atomic mass is 10.00. The molecule has 1 unspecified atom stereocenters. The highest BCUT2D eigenvalue weighted by atomic mass is 19.4. The molecule has 5 nitrogen and oxygen atoms in total. The highest BCUT2D eigenvalue weighted by molar-refractivity contribution is 5.94. The van der Waals surface area contributed by atoms with Crippen LogP contribution in [-0.2, 0) is 6.18 Å². The molecular formula is C19H20F3N3O2. The molecule has 1 aliphatic heterocycles. The van der Waals surface area contributed by atoms with E-state index in [1.54, 1.807) is 24.3 Å². The van der Waals surface area contributed by atoms with Gasteiger partial charge in [0.05, 0.1) is 5.56 Å². The monoisotopic (exact) mass is 379 g/mol. The largest absolute Gasteiger partial charge is 0.439 e. The van der Waals surface area contributed by atoms with E-state index in [0.29, 0.717) is 23.8 Å². The zero-order chi connectivity index (χ0) is 19.3. The van der Waals surface area contributed by atoms with Crippen molar-refractivity contribution in [3.63, 3.8) is 0 Å². The molecule has 1 aromatic carbocycles. The number of ether oxygens (including phenoxy) is 1. The van der Waals surface area contributed by atoms with Crippen molar-refractivity contribution in [2.45, 2.75) is 19.0 Å². The fraction of sp³-hybridized carbons (Fsp3) is 0.368. The summed E-state index contributed by atoms with van der Waals surface area (Å²) in [5.74, 6) is 0.705. The van der Waals surface area contributed by atoms with Crippen LogP contribution in [0.1, 0.15) is 28.8 Å². The molecule has 2 heterocycles.